The van der Waals surface area contributed by atoms with Gasteiger partial charge in [0.05, 0.1) is 0 Å². The molecule has 0 aliphatic rings. The lowest BCUT2D eigenvalue weighted by Gasteiger charge is -2.22. The predicted molar refractivity (Wildman–Crippen MR) is 109 cm³/mol. The van der Waals surface area contributed by atoms with E-state index in [0.717, 1.165) is 5.56 Å². The van der Waals surface area contributed by atoms with Gasteiger partial charge in [-0.2, -0.15) is 5.10 Å². The first-order chi connectivity index (χ1) is 14.0. The fourth-order valence-electron chi connectivity index (χ4n) is 2.75. The van der Waals surface area contributed by atoms with E-state index >= 15 is 0 Å². The highest BCUT2D eigenvalue weighted by atomic mass is 35.5. The molecule has 3 aromatic rings. The van der Waals surface area contributed by atoms with Crippen molar-refractivity contribution in [3.8, 4) is 5.82 Å². The second-order valence-corrected chi connectivity index (χ2v) is 7.18. The summed E-state index contributed by atoms with van der Waals surface area (Å²) in [6.07, 6.45) is 4.60. The first-order valence-electron chi connectivity index (χ1n) is 9.08. The topological polar surface area (TPSA) is 102 Å². The molecular weight excluding hydrogens is 392 g/mol. The van der Waals surface area contributed by atoms with E-state index in [1.54, 1.807) is 36.5 Å². The summed E-state index contributed by atoms with van der Waals surface area (Å²) in [6, 6.07) is 9.44. The Balaban J connectivity index is 1.68. The minimum atomic E-state index is -0.690. The van der Waals surface area contributed by atoms with E-state index in [0.29, 0.717) is 16.4 Å². The number of hydrogen-bond acceptors (Lipinski definition) is 5. The van der Waals surface area contributed by atoms with Crippen LogP contribution in [-0.2, 0) is 11.3 Å². The lowest BCUT2D eigenvalue weighted by Crippen LogP contribution is -2.49. The number of aromatic nitrogens is 4. The summed E-state index contributed by atoms with van der Waals surface area (Å²) in [7, 11) is 0. The molecule has 0 aliphatic carbocycles. The second kappa shape index (κ2) is 9.29. The number of halogens is 1. The lowest BCUT2D eigenvalue weighted by atomic mass is 10.0. The van der Waals surface area contributed by atoms with Gasteiger partial charge in [-0.25, -0.2) is 14.6 Å². The smallest absolute Gasteiger partial charge is 0.251 e. The van der Waals surface area contributed by atoms with E-state index in [2.05, 4.69) is 25.7 Å². The van der Waals surface area contributed by atoms with Crippen molar-refractivity contribution in [1.29, 1.82) is 0 Å². The zero-order chi connectivity index (χ0) is 20.8. The standard InChI is InChI=1S/C20H21ClN6O2/c1-13(2)17(26-19(28)14-5-7-16(21)8-6-14)20(29)24-10-15-4-3-9-23-18(15)27-12-22-11-25-27/h3-9,11-13,17H,10H2,1-2H3,(H,24,29)(H,26,28). The molecule has 0 radical (unpaired) electrons. The van der Waals surface area contributed by atoms with Crippen LogP contribution in [0.4, 0.5) is 0 Å². The molecule has 1 atom stereocenters. The summed E-state index contributed by atoms with van der Waals surface area (Å²) in [5.41, 5.74) is 1.21. The molecule has 2 N–H and O–H groups in total. The van der Waals surface area contributed by atoms with Gasteiger partial charge in [0.15, 0.2) is 5.82 Å². The first-order valence-corrected chi connectivity index (χ1v) is 9.46. The van der Waals surface area contributed by atoms with Gasteiger partial charge in [-0.1, -0.05) is 31.5 Å². The van der Waals surface area contributed by atoms with Crippen molar-refractivity contribution in [2.45, 2.75) is 26.4 Å². The number of hydrogen-bond donors (Lipinski definition) is 2. The van der Waals surface area contributed by atoms with Gasteiger partial charge >= 0.3 is 0 Å². The van der Waals surface area contributed by atoms with Crippen molar-refractivity contribution < 1.29 is 9.59 Å². The molecule has 2 aromatic heterocycles. The molecule has 0 saturated heterocycles. The molecular formula is C20H21ClN6O2. The van der Waals surface area contributed by atoms with Crippen LogP contribution < -0.4 is 10.6 Å². The third-order valence-electron chi connectivity index (χ3n) is 4.30. The number of benzene rings is 1. The number of nitrogens with one attached hydrogen (secondary N) is 2. The summed E-state index contributed by atoms with van der Waals surface area (Å²) < 4.78 is 1.53. The van der Waals surface area contributed by atoms with Crippen molar-refractivity contribution in [3.05, 3.63) is 71.4 Å². The third-order valence-corrected chi connectivity index (χ3v) is 4.55. The van der Waals surface area contributed by atoms with Gasteiger partial charge in [-0.15, -0.1) is 0 Å². The minimum absolute atomic E-state index is 0.102. The molecule has 2 amide bonds. The van der Waals surface area contributed by atoms with Crippen LogP contribution in [0.5, 0.6) is 0 Å². The van der Waals surface area contributed by atoms with E-state index in [9.17, 15) is 9.59 Å². The Morgan fingerprint density at radius 2 is 1.93 bits per heavy atom. The molecule has 150 valence electrons. The van der Waals surface area contributed by atoms with Crippen LogP contribution in [0.1, 0.15) is 29.8 Å². The summed E-state index contributed by atoms with van der Waals surface area (Å²) >= 11 is 5.86. The fourth-order valence-corrected chi connectivity index (χ4v) is 2.87. The fraction of sp³-hybridized carbons (Fsp3) is 0.250. The summed E-state index contributed by atoms with van der Waals surface area (Å²) in [5, 5.41) is 10.3. The van der Waals surface area contributed by atoms with E-state index in [4.69, 9.17) is 11.6 Å². The molecule has 1 unspecified atom stereocenters. The van der Waals surface area contributed by atoms with Crippen molar-refractivity contribution >= 4 is 23.4 Å². The molecule has 0 saturated carbocycles. The van der Waals surface area contributed by atoms with Crippen LogP contribution in [0.3, 0.4) is 0 Å². The summed E-state index contributed by atoms with van der Waals surface area (Å²) in [6.45, 7) is 3.98. The monoisotopic (exact) mass is 412 g/mol. The number of amides is 2. The molecule has 8 nitrogen and oxygen atoms in total. The second-order valence-electron chi connectivity index (χ2n) is 6.75. The normalized spacial score (nSPS) is 11.9. The molecule has 0 aliphatic heterocycles. The van der Waals surface area contributed by atoms with E-state index in [1.165, 1.54) is 17.3 Å². The minimum Gasteiger partial charge on any atom is -0.350 e. The van der Waals surface area contributed by atoms with Gasteiger partial charge in [0.1, 0.15) is 18.7 Å². The Kier molecular flexibility index (Phi) is 6.56. The third kappa shape index (κ3) is 5.17. The zero-order valence-electron chi connectivity index (χ0n) is 16.0. The van der Waals surface area contributed by atoms with Gasteiger partial charge in [-0.3, -0.25) is 9.59 Å². The molecule has 9 heteroatoms. The Morgan fingerprint density at radius 3 is 2.59 bits per heavy atom. The van der Waals surface area contributed by atoms with Gasteiger partial charge in [0, 0.05) is 28.9 Å². The number of nitrogens with zero attached hydrogens (tertiary/aromatic N) is 4. The maximum Gasteiger partial charge on any atom is 0.251 e. The van der Waals surface area contributed by atoms with Crippen LogP contribution in [0, 0.1) is 5.92 Å². The van der Waals surface area contributed by atoms with Crippen LogP contribution in [-0.4, -0.2) is 37.6 Å². The van der Waals surface area contributed by atoms with Crippen molar-refractivity contribution in [2.24, 2.45) is 5.92 Å². The number of pyridine rings is 1. The van der Waals surface area contributed by atoms with Gasteiger partial charge < -0.3 is 10.6 Å². The highest BCUT2D eigenvalue weighted by molar-refractivity contribution is 6.30. The van der Waals surface area contributed by atoms with E-state index < -0.39 is 6.04 Å². The highest BCUT2D eigenvalue weighted by Crippen LogP contribution is 2.12. The van der Waals surface area contributed by atoms with Crippen molar-refractivity contribution in [3.63, 3.8) is 0 Å². The summed E-state index contributed by atoms with van der Waals surface area (Å²) in [4.78, 5) is 33.5. The molecule has 0 spiro atoms. The quantitative estimate of drug-likeness (QED) is 0.620. The Hall–Kier alpha value is -3.26. The van der Waals surface area contributed by atoms with Gasteiger partial charge in [-0.05, 0) is 36.2 Å². The maximum atomic E-state index is 12.8. The molecule has 29 heavy (non-hydrogen) atoms. The van der Waals surface area contributed by atoms with Crippen LogP contribution in [0.25, 0.3) is 5.82 Å². The number of rotatable bonds is 7. The number of carbonyl (C=O) groups excluding carboxylic acids is 2. The Morgan fingerprint density at radius 1 is 1.17 bits per heavy atom. The molecule has 1 aromatic carbocycles. The van der Waals surface area contributed by atoms with Crippen molar-refractivity contribution in [2.75, 3.05) is 0 Å². The van der Waals surface area contributed by atoms with Crippen LogP contribution in [0.15, 0.2) is 55.2 Å². The number of carbonyl (C=O) groups is 2. The van der Waals surface area contributed by atoms with Crippen molar-refractivity contribution in [1.82, 2.24) is 30.4 Å². The van der Waals surface area contributed by atoms with E-state index in [1.807, 2.05) is 19.9 Å². The Bertz CT molecular complexity index is 973. The average Bonchev–Trinajstić information content (AvgIpc) is 3.25. The largest absolute Gasteiger partial charge is 0.350 e. The van der Waals surface area contributed by atoms with Crippen LogP contribution in [0.2, 0.25) is 5.02 Å². The molecule has 3 rings (SSSR count). The van der Waals surface area contributed by atoms with E-state index in [-0.39, 0.29) is 24.3 Å². The van der Waals surface area contributed by atoms with Crippen LogP contribution >= 0.6 is 11.6 Å². The lowest BCUT2D eigenvalue weighted by molar-refractivity contribution is -0.124. The molecule has 2 heterocycles. The van der Waals surface area contributed by atoms with Gasteiger partial charge in [0.2, 0.25) is 5.91 Å². The summed E-state index contributed by atoms with van der Waals surface area (Å²) in [5.74, 6) is -0.137. The molecule has 0 bridgehead atoms. The first kappa shape index (κ1) is 20.5. The zero-order valence-corrected chi connectivity index (χ0v) is 16.8. The average molecular weight is 413 g/mol. The molecule has 0 fully saturated rings. The Labute approximate surface area is 173 Å². The van der Waals surface area contributed by atoms with Gasteiger partial charge in [0.25, 0.3) is 5.91 Å². The maximum absolute atomic E-state index is 12.8. The predicted octanol–water partition coefficient (Wildman–Crippen LogP) is 2.39. The SMILES string of the molecule is CC(C)C(NC(=O)c1ccc(Cl)cc1)C(=O)NCc1cccnc1-n1cncn1. The highest BCUT2D eigenvalue weighted by Gasteiger charge is 2.24.